The molecule has 0 unspecified atom stereocenters. The highest BCUT2D eigenvalue weighted by atomic mass is 32.2. The van der Waals surface area contributed by atoms with Crippen molar-refractivity contribution in [3.05, 3.63) is 71.8 Å². The van der Waals surface area contributed by atoms with E-state index in [1.165, 1.54) is 24.3 Å². The number of sulfonamides is 1. The molecule has 0 aliphatic heterocycles. The minimum absolute atomic E-state index is 0.0446. The Balaban J connectivity index is 1.51. The summed E-state index contributed by atoms with van der Waals surface area (Å²) in [6.07, 6.45) is 2.08. The Labute approximate surface area is 190 Å². The molecule has 3 rings (SSSR count). The van der Waals surface area contributed by atoms with Gasteiger partial charge in [-0.3, -0.25) is 19.0 Å². The fourth-order valence-electron chi connectivity index (χ4n) is 2.75. The first kappa shape index (κ1) is 23.9. The fourth-order valence-corrected chi connectivity index (χ4v) is 3.81. The van der Waals surface area contributed by atoms with Gasteiger partial charge in [0.25, 0.3) is 15.9 Å². The quantitative estimate of drug-likeness (QED) is 0.409. The topological polar surface area (TPSA) is 135 Å². The van der Waals surface area contributed by atoms with Crippen LogP contribution in [0.25, 0.3) is 0 Å². The number of halogens is 1. The predicted molar refractivity (Wildman–Crippen MR) is 118 cm³/mol. The van der Waals surface area contributed by atoms with Crippen molar-refractivity contribution < 1.29 is 22.4 Å². The van der Waals surface area contributed by atoms with E-state index >= 15 is 0 Å². The van der Waals surface area contributed by atoms with E-state index in [1.54, 1.807) is 17.8 Å². The lowest BCUT2D eigenvalue weighted by Gasteiger charge is -2.09. The van der Waals surface area contributed by atoms with Crippen LogP contribution in [-0.4, -0.2) is 41.8 Å². The zero-order chi connectivity index (χ0) is 23.8. The number of anilines is 1. The van der Waals surface area contributed by atoms with Crippen molar-refractivity contribution >= 4 is 27.5 Å². The Bertz CT molecular complexity index is 1210. The van der Waals surface area contributed by atoms with Crippen LogP contribution in [0.1, 0.15) is 29.4 Å². The van der Waals surface area contributed by atoms with E-state index in [9.17, 15) is 22.4 Å². The van der Waals surface area contributed by atoms with E-state index in [1.807, 2.05) is 0 Å². The van der Waals surface area contributed by atoms with Crippen LogP contribution in [0.15, 0.2) is 59.6 Å². The van der Waals surface area contributed by atoms with Gasteiger partial charge in [0.1, 0.15) is 11.5 Å². The molecule has 3 aromatic rings. The number of benzene rings is 2. The summed E-state index contributed by atoms with van der Waals surface area (Å²) in [7, 11) is -3.88. The molecule has 10 nitrogen and oxygen atoms in total. The molecule has 3 N–H and O–H groups in total. The first-order chi connectivity index (χ1) is 15.8. The molecule has 0 radical (unpaired) electrons. The smallest absolute Gasteiger partial charge is 0.261 e. The molecule has 0 fully saturated rings. The second-order valence-corrected chi connectivity index (χ2v) is 8.68. The summed E-state index contributed by atoms with van der Waals surface area (Å²) in [4.78, 5) is 23.5. The Morgan fingerprint density at radius 2 is 1.73 bits per heavy atom. The maximum Gasteiger partial charge on any atom is 0.261 e. The SMILES string of the molecule is CCC(=O)NCCn1cc(CNC(=O)c2ccc(NS(=O)(=O)c3ccc(F)cc3)cc2)nn1. The third-order valence-electron chi connectivity index (χ3n) is 4.52. The van der Waals surface area contributed by atoms with E-state index in [0.29, 0.717) is 30.8 Å². The Morgan fingerprint density at radius 3 is 2.39 bits per heavy atom. The molecule has 2 amide bonds. The van der Waals surface area contributed by atoms with Crippen LogP contribution < -0.4 is 15.4 Å². The van der Waals surface area contributed by atoms with Gasteiger partial charge in [-0.25, -0.2) is 12.8 Å². The van der Waals surface area contributed by atoms with E-state index < -0.39 is 15.8 Å². The van der Waals surface area contributed by atoms with Gasteiger partial charge < -0.3 is 10.6 Å². The third kappa shape index (κ3) is 6.84. The van der Waals surface area contributed by atoms with Gasteiger partial charge in [0.15, 0.2) is 0 Å². The van der Waals surface area contributed by atoms with Crippen molar-refractivity contribution in [1.82, 2.24) is 25.6 Å². The van der Waals surface area contributed by atoms with Gasteiger partial charge in [-0.2, -0.15) is 0 Å². The van der Waals surface area contributed by atoms with Crippen LogP contribution >= 0.6 is 0 Å². The summed E-state index contributed by atoms with van der Waals surface area (Å²) in [5.41, 5.74) is 1.14. The number of hydrogen-bond donors (Lipinski definition) is 3. The molecule has 12 heteroatoms. The fraction of sp³-hybridized carbons (Fsp3) is 0.238. The van der Waals surface area contributed by atoms with Crippen LogP contribution in [-0.2, 0) is 27.9 Å². The summed E-state index contributed by atoms with van der Waals surface area (Å²) in [6.45, 7) is 2.81. The van der Waals surface area contributed by atoms with Gasteiger partial charge in [-0.1, -0.05) is 12.1 Å². The first-order valence-electron chi connectivity index (χ1n) is 10.1. The van der Waals surface area contributed by atoms with Crippen molar-refractivity contribution in [2.45, 2.75) is 31.3 Å². The predicted octanol–water partition coefficient (Wildman–Crippen LogP) is 1.67. The van der Waals surface area contributed by atoms with Crippen molar-refractivity contribution in [3.63, 3.8) is 0 Å². The first-order valence-corrected chi connectivity index (χ1v) is 11.6. The Hall–Kier alpha value is -3.80. The van der Waals surface area contributed by atoms with Gasteiger partial charge in [-0.05, 0) is 48.5 Å². The Kier molecular flexibility index (Phi) is 7.72. The average Bonchev–Trinajstić information content (AvgIpc) is 3.25. The highest BCUT2D eigenvalue weighted by Gasteiger charge is 2.15. The summed E-state index contributed by atoms with van der Waals surface area (Å²) in [5.74, 6) is -0.947. The zero-order valence-corrected chi connectivity index (χ0v) is 18.6. The molecule has 0 aliphatic carbocycles. The van der Waals surface area contributed by atoms with Crippen LogP contribution in [0.4, 0.5) is 10.1 Å². The van der Waals surface area contributed by atoms with Crippen LogP contribution in [0.3, 0.4) is 0 Å². The number of nitrogens with one attached hydrogen (secondary N) is 3. The third-order valence-corrected chi connectivity index (χ3v) is 5.92. The van der Waals surface area contributed by atoms with Crippen LogP contribution in [0.5, 0.6) is 0 Å². The molecule has 0 spiro atoms. The molecule has 33 heavy (non-hydrogen) atoms. The monoisotopic (exact) mass is 474 g/mol. The van der Waals surface area contributed by atoms with Crippen LogP contribution in [0.2, 0.25) is 0 Å². The minimum atomic E-state index is -3.88. The van der Waals surface area contributed by atoms with Gasteiger partial charge in [0.2, 0.25) is 5.91 Å². The van der Waals surface area contributed by atoms with Crippen molar-refractivity contribution in [2.75, 3.05) is 11.3 Å². The van der Waals surface area contributed by atoms with E-state index in [2.05, 4.69) is 25.7 Å². The largest absolute Gasteiger partial charge is 0.354 e. The number of carbonyl (C=O) groups excluding carboxylic acids is 2. The summed E-state index contributed by atoms with van der Waals surface area (Å²) in [5, 5.41) is 13.4. The lowest BCUT2D eigenvalue weighted by atomic mass is 10.2. The molecule has 2 aromatic carbocycles. The molecule has 1 aromatic heterocycles. The lowest BCUT2D eigenvalue weighted by molar-refractivity contribution is -0.120. The maximum atomic E-state index is 13.0. The maximum absolute atomic E-state index is 13.0. The highest BCUT2D eigenvalue weighted by molar-refractivity contribution is 7.92. The van der Waals surface area contributed by atoms with Crippen molar-refractivity contribution in [1.29, 1.82) is 0 Å². The van der Waals surface area contributed by atoms with Gasteiger partial charge >= 0.3 is 0 Å². The zero-order valence-electron chi connectivity index (χ0n) is 17.8. The van der Waals surface area contributed by atoms with Crippen molar-refractivity contribution in [3.8, 4) is 0 Å². The number of hydrogen-bond acceptors (Lipinski definition) is 6. The van der Waals surface area contributed by atoms with Gasteiger partial charge in [-0.15, -0.1) is 5.10 Å². The molecule has 1 heterocycles. The molecule has 0 atom stereocenters. The van der Waals surface area contributed by atoms with E-state index in [0.717, 1.165) is 24.3 Å². The summed E-state index contributed by atoms with van der Waals surface area (Å²) in [6, 6.07) is 10.3. The second-order valence-electron chi connectivity index (χ2n) is 7.00. The van der Waals surface area contributed by atoms with E-state index in [-0.39, 0.29) is 28.9 Å². The molecule has 174 valence electrons. The van der Waals surface area contributed by atoms with Gasteiger partial charge in [0.05, 0.1) is 24.2 Å². The summed E-state index contributed by atoms with van der Waals surface area (Å²) < 4.78 is 41.7. The normalized spacial score (nSPS) is 11.1. The highest BCUT2D eigenvalue weighted by Crippen LogP contribution is 2.17. The van der Waals surface area contributed by atoms with Crippen LogP contribution in [0, 0.1) is 5.82 Å². The number of nitrogens with zero attached hydrogens (tertiary/aromatic N) is 3. The molecule has 0 aliphatic rings. The number of carbonyl (C=O) groups is 2. The molecule has 0 saturated heterocycles. The second kappa shape index (κ2) is 10.7. The molecular formula is C21H23FN6O4S. The van der Waals surface area contributed by atoms with Crippen molar-refractivity contribution in [2.24, 2.45) is 0 Å². The summed E-state index contributed by atoms with van der Waals surface area (Å²) >= 11 is 0. The van der Waals surface area contributed by atoms with Gasteiger partial charge in [0, 0.05) is 24.2 Å². The standard InChI is InChI=1S/C21H23FN6O4S/c1-2-20(29)23-11-12-28-14-18(25-27-28)13-24-21(30)15-3-7-17(8-4-15)26-33(31,32)19-9-5-16(22)6-10-19/h3-10,14,26H,2,11-13H2,1H3,(H,23,29)(H,24,30). The minimum Gasteiger partial charge on any atom is -0.354 e. The number of amides is 2. The number of rotatable bonds is 10. The number of aromatic nitrogens is 3. The lowest BCUT2D eigenvalue weighted by Crippen LogP contribution is -2.26. The molecule has 0 saturated carbocycles. The molecular weight excluding hydrogens is 451 g/mol. The Morgan fingerprint density at radius 1 is 1.03 bits per heavy atom. The average molecular weight is 475 g/mol. The molecule has 0 bridgehead atoms. The van der Waals surface area contributed by atoms with E-state index in [4.69, 9.17) is 0 Å².